The number of amides is 2. The van der Waals surface area contributed by atoms with Crippen molar-refractivity contribution >= 4 is 56.6 Å². The summed E-state index contributed by atoms with van der Waals surface area (Å²) in [5.41, 5.74) is 1.79. The minimum Gasteiger partial charge on any atom is -0.464 e. The molecule has 2 amide bonds. The number of imide groups is 1. The summed E-state index contributed by atoms with van der Waals surface area (Å²) < 4.78 is 5.77. The molecule has 0 saturated carbocycles. The van der Waals surface area contributed by atoms with Crippen LogP contribution in [0.2, 0.25) is 0 Å². The highest BCUT2D eigenvalue weighted by Crippen LogP contribution is 2.35. The van der Waals surface area contributed by atoms with Crippen LogP contribution >= 0.6 is 27.7 Å². The third kappa shape index (κ3) is 4.24. The molecular weight excluding hydrogens is 408 g/mol. The molecule has 1 aliphatic heterocycles. The molecule has 1 aromatic rings. The van der Waals surface area contributed by atoms with Gasteiger partial charge in [0.1, 0.15) is 6.04 Å². The summed E-state index contributed by atoms with van der Waals surface area (Å²) in [7, 11) is 3.86. The average Bonchev–Trinajstić information content (AvgIpc) is 2.80. The molecule has 0 bridgehead atoms. The fraction of sp³-hybridized carbons (Fsp3) is 0.353. The number of thioether (sulfide) groups is 1. The average molecular weight is 427 g/mol. The molecule has 1 heterocycles. The van der Waals surface area contributed by atoms with Crippen molar-refractivity contribution in [3.05, 3.63) is 33.1 Å². The fourth-order valence-electron chi connectivity index (χ4n) is 2.31. The number of rotatable bonds is 5. The molecule has 0 N–H and O–H groups in total. The van der Waals surface area contributed by atoms with Crippen LogP contribution in [0.25, 0.3) is 6.08 Å². The van der Waals surface area contributed by atoms with Crippen molar-refractivity contribution < 1.29 is 19.1 Å². The third-order valence-corrected chi connectivity index (χ3v) is 5.11. The summed E-state index contributed by atoms with van der Waals surface area (Å²) in [6.45, 7) is 3.36. The Labute approximate surface area is 159 Å². The second-order valence-electron chi connectivity index (χ2n) is 5.59. The lowest BCUT2D eigenvalue weighted by molar-refractivity contribution is -0.150. The normalized spacial score (nSPS) is 17.2. The minimum atomic E-state index is -0.943. The van der Waals surface area contributed by atoms with Gasteiger partial charge in [-0.3, -0.25) is 14.5 Å². The van der Waals surface area contributed by atoms with E-state index in [2.05, 4.69) is 15.9 Å². The van der Waals surface area contributed by atoms with Gasteiger partial charge in [0.25, 0.3) is 11.1 Å². The first-order valence-electron chi connectivity index (χ1n) is 7.66. The first kappa shape index (κ1) is 19.5. The molecule has 2 rings (SSSR count). The number of nitrogens with zero attached hydrogens (tertiary/aromatic N) is 2. The zero-order valence-electron chi connectivity index (χ0n) is 14.4. The Hall–Kier alpha value is -1.80. The van der Waals surface area contributed by atoms with Gasteiger partial charge in [-0.25, -0.2) is 4.79 Å². The lowest BCUT2D eigenvalue weighted by Crippen LogP contribution is -2.42. The van der Waals surface area contributed by atoms with Gasteiger partial charge in [-0.05, 0) is 65.3 Å². The molecule has 1 aliphatic rings. The van der Waals surface area contributed by atoms with Crippen LogP contribution < -0.4 is 4.90 Å². The Morgan fingerprint density at radius 3 is 2.64 bits per heavy atom. The van der Waals surface area contributed by atoms with Crippen LogP contribution in [0, 0.1) is 0 Å². The fourth-order valence-corrected chi connectivity index (χ4v) is 3.97. The molecule has 0 aliphatic carbocycles. The number of esters is 1. The highest BCUT2D eigenvalue weighted by molar-refractivity contribution is 9.10. The Morgan fingerprint density at radius 1 is 1.40 bits per heavy atom. The van der Waals surface area contributed by atoms with Gasteiger partial charge in [-0.15, -0.1) is 0 Å². The van der Waals surface area contributed by atoms with Crippen molar-refractivity contribution in [1.82, 2.24) is 4.90 Å². The molecule has 0 spiro atoms. The number of benzene rings is 1. The summed E-state index contributed by atoms with van der Waals surface area (Å²) in [6, 6.07) is 4.71. The van der Waals surface area contributed by atoms with E-state index in [9.17, 15) is 14.4 Å². The maximum atomic E-state index is 12.5. The van der Waals surface area contributed by atoms with E-state index in [1.165, 1.54) is 6.92 Å². The van der Waals surface area contributed by atoms with Gasteiger partial charge in [0.05, 0.1) is 17.2 Å². The summed E-state index contributed by atoms with van der Waals surface area (Å²) in [6.07, 6.45) is 1.65. The smallest absolute Gasteiger partial charge is 0.329 e. The van der Waals surface area contributed by atoms with Crippen molar-refractivity contribution in [1.29, 1.82) is 0 Å². The maximum absolute atomic E-state index is 12.5. The van der Waals surface area contributed by atoms with Crippen LogP contribution in [0.3, 0.4) is 0 Å². The number of hydrogen-bond donors (Lipinski definition) is 0. The molecule has 1 fully saturated rings. The largest absolute Gasteiger partial charge is 0.464 e. The van der Waals surface area contributed by atoms with Crippen molar-refractivity contribution in [2.24, 2.45) is 0 Å². The predicted molar refractivity (Wildman–Crippen MR) is 102 cm³/mol. The van der Waals surface area contributed by atoms with Crippen LogP contribution in [0.1, 0.15) is 19.4 Å². The van der Waals surface area contributed by atoms with Gasteiger partial charge >= 0.3 is 5.97 Å². The Bertz CT molecular complexity index is 748. The summed E-state index contributed by atoms with van der Waals surface area (Å²) >= 11 is 4.32. The van der Waals surface area contributed by atoms with Crippen molar-refractivity contribution in [3.63, 3.8) is 0 Å². The molecule has 134 valence electrons. The monoisotopic (exact) mass is 426 g/mol. The zero-order valence-corrected chi connectivity index (χ0v) is 16.8. The van der Waals surface area contributed by atoms with E-state index < -0.39 is 23.2 Å². The lowest BCUT2D eigenvalue weighted by Gasteiger charge is -2.19. The first-order valence-corrected chi connectivity index (χ1v) is 9.27. The summed E-state index contributed by atoms with van der Waals surface area (Å²) in [5, 5.41) is -0.471. The van der Waals surface area contributed by atoms with E-state index in [4.69, 9.17) is 4.74 Å². The van der Waals surface area contributed by atoms with E-state index in [-0.39, 0.29) is 11.5 Å². The molecule has 0 aromatic heterocycles. The van der Waals surface area contributed by atoms with Crippen LogP contribution in [-0.4, -0.2) is 48.8 Å². The van der Waals surface area contributed by atoms with E-state index in [0.717, 1.165) is 32.4 Å². The maximum Gasteiger partial charge on any atom is 0.329 e. The number of halogens is 1. The molecule has 8 heteroatoms. The van der Waals surface area contributed by atoms with Crippen LogP contribution in [0.15, 0.2) is 27.6 Å². The lowest BCUT2D eigenvalue weighted by atomic mass is 10.1. The van der Waals surface area contributed by atoms with Crippen LogP contribution in [0.5, 0.6) is 0 Å². The van der Waals surface area contributed by atoms with Crippen molar-refractivity contribution in [3.8, 4) is 0 Å². The van der Waals surface area contributed by atoms with E-state index in [0.29, 0.717) is 0 Å². The molecule has 1 aromatic carbocycles. The van der Waals surface area contributed by atoms with Gasteiger partial charge in [-0.2, -0.15) is 0 Å². The second kappa shape index (κ2) is 8.05. The topological polar surface area (TPSA) is 66.9 Å². The number of carbonyl (C=O) groups excluding carboxylic acids is 3. The number of ether oxygens (including phenoxy) is 1. The van der Waals surface area contributed by atoms with E-state index >= 15 is 0 Å². The minimum absolute atomic E-state index is 0.196. The standard InChI is InChI=1S/C17H19BrN2O4S/c1-5-24-16(22)10(2)20-15(21)14(25-17(20)23)9-11-6-7-13(19(3)4)12(18)8-11/h6-10H,5H2,1-4H3/b14-9+. The second-order valence-corrected chi connectivity index (χ2v) is 7.43. The van der Waals surface area contributed by atoms with Crippen LogP contribution in [0.4, 0.5) is 10.5 Å². The number of anilines is 1. The molecule has 1 unspecified atom stereocenters. The molecular formula is C17H19BrN2O4S. The Balaban J connectivity index is 2.25. The van der Waals surface area contributed by atoms with Gasteiger partial charge in [0, 0.05) is 18.6 Å². The Morgan fingerprint density at radius 2 is 2.08 bits per heavy atom. The number of hydrogen-bond acceptors (Lipinski definition) is 6. The molecule has 1 atom stereocenters. The summed E-state index contributed by atoms with van der Waals surface area (Å²) in [5.74, 6) is -1.08. The highest BCUT2D eigenvalue weighted by atomic mass is 79.9. The SMILES string of the molecule is CCOC(=O)C(C)N1C(=O)S/C(=C/c2ccc(N(C)C)c(Br)c2)C1=O. The zero-order chi connectivity index (χ0) is 18.7. The van der Waals surface area contributed by atoms with Crippen molar-refractivity contribution in [2.75, 3.05) is 25.6 Å². The van der Waals surface area contributed by atoms with Gasteiger partial charge in [0.2, 0.25) is 0 Å². The van der Waals surface area contributed by atoms with E-state index in [1.54, 1.807) is 13.0 Å². The molecule has 6 nitrogen and oxygen atoms in total. The van der Waals surface area contributed by atoms with E-state index in [1.807, 2.05) is 37.2 Å². The van der Waals surface area contributed by atoms with Gasteiger partial charge < -0.3 is 9.64 Å². The highest BCUT2D eigenvalue weighted by Gasteiger charge is 2.41. The Kier molecular flexibility index (Phi) is 6.29. The predicted octanol–water partition coefficient (Wildman–Crippen LogP) is 3.50. The molecule has 0 radical (unpaired) electrons. The quantitative estimate of drug-likeness (QED) is 0.530. The molecule has 1 saturated heterocycles. The summed E-state index contributed by atoms with van der Waals surface area (Å²) in [4.78, 5) is 39.7. The third-order valence-electron chi connectivity index (χ3n) is 3.59. The van der Waals surface area contributed by atoms with Crippen molar-refractivity contribution in [2.45, 2.75) is 19.9 Å². The van der Waals surface area contributed by atoms with Gasteiger partial charge in [-0.1, -0.05) is 6.07 Å². The van der Waals surface area contributed by atoms with Gasteiger partial charge in [0.15, 0.2) is 0 Å². The first-order chi connectivity index (χ1) is 11.8. The number of carbonyl (C=O) groups is 3. The molecule has 25 heavy (non-hydrogen) atoms. The van der Waals surface area contributed by atoms with Crippen LogP contribution in [-0.2, 0) is 14.3 Å².